The molecule has 1 aliphatic heterocycles. The Morgan fingerprint density at radius 3 is 2.47 bits per heavy atom. The molecule has 1 atom stereocenters. The Balaban J connectivity index is 1.72. The maximum atomic E-state index is 12.5. The van der Waals surface area contributed by atoms with Crippen LogP contribution in [-0.4, -0.2) is 35.8 Å². The molecule has 2 aromatic carbocycles. The summed E-state index contributed by atoms with van der Waals surface area (Å²) in [4.78, 5) is 17.2. The molecule has 1 amide bonds. The monoisotopic (exact) mass is 407 g/mol. The molecule has 0 saturated carbocycles. The number of imidazole rings is 1. The summed E-state index contributed by atoms with van der Waals surface area (Å²) in [5.74, 6) is 2.60. The molecule has 0 spiro atoms. The molecule has 3 aromatic rings. The Morgan fingerprint density at radius 2 is 1.80 bits per heavy atom. The fourth-order valence-electron chi connectivity index (χ4n) is 3.70. The Kier molecular flexibility index (Phi) is 5.35. The normalized spacial score (nSPS) is 15.5. The summed E-state index contributed by atoms with van der Waals surface area (Å²) in [6.45, 7) is 3.98. The first-order valence-corrected chi connectivity index (χ1v) is 9.86. The van der Waals surface area contributed by atoms with Crippen molar-refractivity contribution in [3.05, 3.63) is 60.0 Å². The zero-order valence-electron chi connectivity index (χ0n) is 17.5. The van der Waals surface area contributed by atoms with Crippen molar-refractivity contribution >= 4 is 11.7 Å². The van der Waals surface area contributed by atoms with Gasteiger partial charge in [-0.15, -0.1) is 0 Å². The van der Waals surface area contributed by atoms with Gasteiger partial charge in [0, 0.05) is 18.4 Å². The molecule has 30 heavy (non-hydrogen) atoms. The van der Waals surface area contributed by atoms with Crippen LogP contribution in [0.15, 0.2) is 48.8 Å². The van der Waals surface area contributed by atoms with E-state index in [-0.39, 0.29) is 17.9 Å². The van der Waals surface area contributed by atoms with E-state index in [1.165, 1.54) is 0 Å². The molecular weight excluding hydrogens is 382 g/mol. The van der Waals surface area contributed by atoms with Gasteiger partial charge in [0.1, 0.15) is 29.4 Å². The van der Waals surface area contributed by atoms with Gasteiger partial charge in [0.15, 0.2) is 0 Å². The van der Waals surface area contributed by atoms with Gasteiger partial charge in [0.05, 0.1) is 31.7 Å². The number of nitrogens with one attached hydrogen (secondary N) is 1. The fraction of sp³-hybridized carbons (Fsp3) is 0.304. The molecule has 0 aliphatic carbocycles. The summed E-state index contributed by atoms with van der Waals surface area (Å²) in [5, 5.41) is 2.97. The van der Waals surface area contributed by atoms with Gasteiger partial charge in [0.25, 0.3) is 0 Å². The topological polar surface area (TPSA) is 74.6 Å². The summed E-state index contributed by atoms with van der Waals surface area (Å²) in [6, 6.07) is 13.4. The van der Waals surface area contributed by atoms with Gasteiger partial charge in [-0.1, -0.05) is 12.1 Å². The lowest BCUT2D eigenvalue weighted by Gasteiger charge is -2.24. The fourth-order valence-corrected chi connectivity index (χ4v) is 3.70. The number of aromatic nitrogens is 2. The number of carbonyl (C=O) groups is 1. The van der Waals surface area contributed by atoms with Crippen LogP contribution in [0, 0.1) is 0 Å². The lowest BCUT2D eigenvalue weighted by molar-refractivity contribution is -0.116. The number of rotatable bonds is 6. The summed E-state index contributed by atoms with van der Waals surface area (Å²) >= 11 is 0. The molecule has 1 unspecified atom stereocenters. The van der Waals surface area contributed by atoms with E-state index in [4.69, 9.17) is 14.2 Å². The minimum Gasteiger partial charge on any atom is -0.497 e. The standard InChI is InChI=1S/C23H25N3O4/c1-14(2)30-16-7-5-15(6-8-16)18-12-21(27)25-23-22(18)24-13-26(23)19-10-9-17(28-3)11-20(19)29-4/h5-11,13-14,18H,12H2,1-4H3,(H,25,27). The number of nitrogens with zero attached hydrogens (tertiary/aromatic N) is 2. The molecule has 1 N–H and O–H groups in total. The molecule has 4 rings (SSSR count). The van der Waals surface area contributed by atoms with Gasteiger partial charge in [-0.05, 0) is 43.7 Å². The highest BCUT2D eigenvalue weighted by Gasteiger charge is 2.31. The molecule has 7 nitrogen and oxygen atoms in total. The number of anilines is 1. The third-order valence-electron chi connectivity index (χ3n) is 5.07. The molecule has 0 saturated heterocycles. The van der Waals surface area contributed by atoms with Gasteiger partial charge in [-0.25, -0.2) is 4.98 Å². The summed E-state index contributed by atoms with van der Waals surface area (Å²) < 4.78 is 18.4. The predicted octanol–water partition coefficient (Wildman–Crippen LogP) is 4.15. The van der Waals surface area contributed by atoms with Crippen molar-refractivity contribution in [2.75, 3.05) is 19.5 Å². The molecule has 0 fully saturated rings. The molecule has 1 aromatic heterocycles. The van der Waals surface area contributed by atoms with Gasteiger partial charge in [-0.3, -0.25) is 9.36 Å². The Bertz CT molecular complexity index is 1060. The first-order chi connectivity index (χ1) is 14.5. The van der Waals surface area contributed by atoms with Gasteiger partial charge < -0.3 is 19.5 Å². The highest BCUT2D eigenvalue weighted by atomic mass is 16.5. The van der Waals surface area contributed by atoms with Crippen molar-refractivity contribution in [1.29, 1.82) is 0 Å². The Morgan fingerprint density at radius 1 is 1.07 bits per heavy atom. The zero-order valence-corrected chi connectivity index (χ0v) is 17.5. The summed E-state index contributed by atoms with van der Waals surface area (Å²) in [7, 11) is 3.21. The van der Waals surface area contributed by atoms with Crippen molar-refractivity contribution in [2.45, 2.75) is 32.3 Å². The maximum Gasteiger partial charge on any atom is 0.226 e. The zero-order chi connectivity index (χ0) is 21.3. The van der Waals surface area contributed by atoms with Crippen LogP contribution in [0.2, 0.25) is 0 Å². The number of carbonyl (C=O) groups excluding carboxylic acids is 1. The molecule has 0 radical (unpaired) electrons. The average Bonchev–Trinajstić information content (AvgIpc) is 3.16. The van der Waals surface area contributed by atoms with Crippen LogP contribution < -0.4 is 19.5 Å². The SMILES string of the molecule is COc1ccc(-n2cnc3c2NC(=O)CC3c2ccc(OC(C)C)cc2)c(OC)c1. The van der Waals surface area contributed by atoms with E-state index in [2.05, 4.69) is 10.3 Å². The van der Waals surface area contributed by atoms with E-state index < -0.39 is 0 Å². The molecule has 156 valence electrons. The highest BCUT2D eigenvalue weighted by molar-refractivity contribution is 5.94. The third kappa shape index (κ3) is 3.70. The number of ether oxygens (including phenoxy) is 3. The first kappa shape index (κ1) is 19.8. The minimum atomic E-state index is -0.132. The first-order valence-electron chi connectivity index (χ1n) is 9.86. The number of hydrogen-bond acceptors (Lipinski definition) is 5. The van der Waals surface area contributed by atoms with E-state index >= 15 is 0 Å². The van der Waals surface area contributed by atoms with Gasteiger partial charge in [0.2, 0.25) is 5.91 Å². The number of methoxy groups -OCH3 is 2. The number of hydrogen-bond donors (Lipinski definition) is 1. The maximum absolute atomic E-state index is 12.5. The molecule has 7 heteroatoms. The second kappa shape index (κ2) is 8.10. The van der Waals surface area contributed by atoms with Gasteiger partial charge in [-0.2, -0.15) is 0 Å². The molecule has 2 heterocycles. The van der Waals surface area contributed by atoms with Crippen LogP contribution in [0.5, 0.6) is 17.2 Å². The van der Waals surface area contributed by atoms with Crippen LogP contribution in [0.1, 0.15) is 37.4 Å². The number of fused-ring (bicyclic) bond motifs is 1. The van der Waals surface area contributed by atoms with E-state index in [1.807, 2.05) is 54.8 Å². The van der Waals surface area contributed by atoms with E-state index in [9.17, 15) is 4.79 Å². The molecule has 1 aliphatic rings. The Hall–Kier alpha value is -3.48. The molecular formula is C23H25N3O4. The predicted molar refractivity (Wildman–Crippen MR) is 114 cm³/mol. The van der Waals surface area contributed by atoms with Gasteiger partial charge >= 0.3 is 0 Å². The molecule has 0 bridgehead atoms. The lowest BCUT2D eigenvalue weighted by Crippen LogP contribution is -2.25. The van der Waals surface area contributed by atoms with E-state index in [0.717, 1.165) is 22.7 Å². The number of amides is 1. The van der Waals surface area contributed by atoms with Crippen LogP contribution in [0.25, 0.3) is 5.69 Å². The smallest absolute Gasteiger partial charge is 0.226 e. The minimum absolute atomic E-state index is 0.0516. The van der Waals surface area contributed by atoms with E-state index in [0.29, 0.717) is 23.7 Å². The Labute approximate surface area is 175 Å². The average molecular weight is 407 g/mol. The second-order valence-electron chi connectivity index (χ2n) is 7.43. The van der Waals surface area contributed by atoms with E-state index in [1.54, 1.807) is 26.6 Å². The summed E-state index contributed by atoms with van der Waals surface area (Å²) in [5.41, 5.74) is 2.62. The third-order valence-corrected chi connectivity index (χ3v) is 5.07. The number of benzene rings is 2. The second-order valence-corrected chi connectivity index (χ2v) is 7.43. The van der Waals surface area contributed by atoms with Crippen LogP contribution in [-0.2, 0) is 4.79 Å². The van der Waals surface area contributed by atoms with Crippen LogP contribution in [0.4, 0.5) is 5.82 Å². The summed E-state index contributed by atoms with van der Waals surface area (Å²) in [6.07, 6.45) is 2.16. The van der Waals surface area contributed by atoms with Crippen molar-refractivity contribution in [3.8, 4) is 22.9 Å². The van der Waals surface area contributed by atoms with Crippen molar-refractivity contribution in [1.82, 2.24) is 9.55 Å². The van der Waals surface area contributed by atoms with Crippen molar-refractivity contribution in [3.63, 3.8) is 0 Å². The van der Waals surface area contributed by atoms with Crippen LogP contribution in [0.3, 0.4) is 0 Å². The van der Waals surface area contributed by atoms with Crippen LogP contribution >= 0.6 is 0 Å². The highest BCUT2D eigenvalue weighted by Crippen LogP contribution is 2.39. The van der Waals surface area contributed by atoms with Crippen molar-refractivity contribution in [2.24, 2.45) is 0 Å². The quantitative estimate of drug-likeness (QED) is 0.664. The largest absolute Gasteiger partial charge is 0.497 e. The van der Waals surface area contributed by atoms with Crippen molar-refractivity contribution < 1.29 is 19.0 Å². The lowest BCUT2D eigenvalue weighted by atomic mass is 9.90.